The van der Waals surface area contributed by atoms with E-state index in [0.717, 1.165) is 29.8 Å². The number of amides is 1. The van der Waals surface area contributed by atoms with E-state index in [1.54, 1.807) is 48.8 Å². The minimum absolute atomic E-state index is 0.0590. The number of aliphatic hydroxyl groups is 1. The van der Waals surface area contributed by atoms with Gasteiger partial charge in [0, 0.05) is 36.8 Å². The topological polar surface area (TPSA) is 86.4 Å². The van der Waals surface area contributed by atoms with E-state index in [1.807, 2.05) is 12.1 Å². The number of furan rings is 1. The van der Waals surface area contributed by atoms with E-state index in [-0.39, 0.29) is 23.7 Å². The zero-order valence-electron chi connectivity index (χ0n) is 19.3. The van der Waals surface area contributed by atoms with Crippen molar-refractivity contribution in [1.82, 2.24) is 9.80 Å². The lowest BCUT2D eigenvalue weighted by Gasteiger charge is -2.64. The first kappa shape index (κ1) is 21.5. The fourth-order valence-electron chi connectivity index (χ4n) is 7.20. The van der Waals surface area contributed by atoms with E-state index in [9.17, 15) is 15.0 Å². The third-order valence-electron chi connectivity index (χ3n) is 8.71. The number of nitrogens with zero attached hydrogens (tertiary/aromatic N) is 2. The number of rotatable bonds is 5. The molecule has 0 unspecified atom stereocenters. The zero-order valence-corrected chi connectivity index (χ0v) is 19.3. The summed E-state index contributed by atoms with van der Waals surface area (Å²) in [5.74, 6) is 0.455. The smallest absolute Gasteiger partial charge is 0.246 e. The average molecular weight is 463 g/mol. The highest BCUT2D eigenvalue weighted by molar-refractivity contribution is 5.91. The van der Waals surface area contributed by atoms with Crippen LogP contribution in [0.3, 0.4) is 0 Å². The first-order valence-electron chi connectivity index (χ1n) is 12.0. The van der Waals surface area contributed by atoms with Crippen LogP contribution in [-0.4, -0.2) is 69.8 Å². The molecular formula is C27H30N2O5. The van der Waals surface area contributed by atoms with Gasteiger partial charge >= 0.3 is 0 Å². The van der Waals surface area contributed by atoms with Crippen LogP contribution in [-0.2, 0) is 16.6 Å². The molecule has 34 heavy (non-hydrogen) atoms. The maximum atomic E-state index is 13.1. The molecule has 6 rings (SSSR count). The summed E-state index contributed by atoms with van der Waals surface area (Å²) in [6.45, 7) is 5.44. The number of aromatic hydroxyl groups is 1. The maximum Gasteiger partial charge on any atom is 0.246 e. The van der Waals surface area contributed by atoms with Crippen LogP contribution in [0.25, 0.3) is 6.08 Å². The second-order valence-electron chi connectivity index (χ2n) is 10.1. The molecule has 7 heteroatoms. The van der Waals surface area contributed by atoms with Crippen LogP contribution >= 0.6 is 0 Å². The second kappa shape index (κ2) is 7.48. The molecule has 2 aliphatic heterocycles. The quantitative estimate of drug-likeness (QED) is 0.525. The zero-order chi connectivity index (χ0) is 23.7. The third kappa shape index (κ3) is 2.68. The minimum atomic E-state index is -1.00. The lowest BCUT2D eigenvalue weighted by atomic mass is 9.48. The fraction of sp³-hybridized carbons (Fsp3) is 0.444. The molecule has 1 spiro atoms. The van der Waals surface area contributed by atoms with Gasteiger partial charge in [-0.05, 0) is 56.0 Å². The van der Waals surface area contributed by atoms with Gasteiger partial charge in [0.1, 0.15) is 6.10 Å². The van der Waals surface area contributed by atoms with Gasteiger partial charge in [-0.15, -0.1) is 6.58 Å². The summed E-state index contributed by atoms with van der Waals surface area (Å²) in [7, 11) is 1.80. The van der Waals surface area contributed by atoms with Crippen molar-refractivity contribution in [3.05, 3.63) is 66.1 Å². The molecule has 7 nitrogen and oxygen atoms in total. The van der Waals surface area contributed by atoms with Crippen molar-refractivity contribution in [2.24, 2.45) is 0 Å². The number of piperidine rings is 1. The maximum absolute atomic E-state index is 13.1. The van der Waals surface area contributed by atoms with E-state index in [1.165, 1.54) is 0 Å². The second-order valence-corrected chi connectivity index (χ2v) is 10.1. The summed E-state index contributed by atoms with van der Waals surface area (Å²) in [6, 6.07) is 5.17. The van der Waals surface area contributed by atoms with Crippen LogP contribution in [0.2, 0.25) is 0 Å². The first-order chi connectivity index (χ1) is 16.4. The lowest BCUT2D eigenvalue weighted by molar-refractivity contribution is -0.198. The largest absolute Gasteiger partial charge is 0.504 e. The molecule has 1 saturated carbocycles. The highest BCUT2D eigenvalue weighted by Gasteiger charge is 2.73. The average Bonchev–Trinajstić information content (AvgIpc) is 3.46. The molecule has 4 aliphatic rings. The van der Waals surface area contributed by atoms with E-state index < -0.39 is 17.1 Å². The molecule has 2 aromatic rings. The Morgan fingerprint density at radius 3 is 2.97 bits per heavy atom. The number of ether oxygens (including phenoxy) is 1. The molecule has 1 aromatic heterocycles. The summed E-state index contributed by atoms with van der Waals surface area (Å²) < 4.78 is 11.6. The van der Waals surface area contributed by atoms with Crippen molar-refractivity contribution in [2.75, 3.05) is 20.1 Å². The Labute approximate surface area is 198 Å². The molecule has 2 bridgehead atoms. The number of hydrogen-bond acceptors (Lipinski definition) is 6. The van der Waals surface area contributed by atoms with Gasteiger partial charge in [-0.3, -0.25) is 9.69 Å². The molecule has 2 N–H and O–H groups in total. The molecule has 178 valence electrons. The van der Waals surface area contributed by atoms with Crippen molar-refractivity contribution in [3.8, 4) is 11.5 Å². The molecule has 1 saturated heterocycles. The molecule has 1 amide bonds. The molecule has 5 atom stereocenters. The fourth-order valence-corrected chi connectivity index (χ4v) is 7.20. The van der Waals surface area contributed by atoms with E-state index in [0.29, 0.717) is 31.4 Å². The number of hydrogen-bond donors (Lipinski definition) is 2. The van der Waals surface area contributed by atoms with Crippen LogP contribution in [0.15, 0.2) is 53.9 Å². The normalized spacial score (nSPS) is 33.4. The Hall–Kier alpha value is -3.03. The molecule has 1 aromatic carbocycles. The Morgan fingerprint density at radius 2 is 2.21 bits per heavy atom. The molecule has 0 radical (unpaired) electrons. The van der Waals surface area contributed by atoms with Gasteiger partial charge in [-0.1, -0.05) is 12.1 Å². The highest BCUT2D eigenvalue weighted by Crippen LogP contribution is 2.65. The third-order valence-corrected chi connectivity index (χ3v) is 8.71. The summed E-state index contributed by atoms with van der Waals surface area (Å²) in [5, 5.41) is 23.1. The number of benzene rings is 1. The summed E-state index contributed by atoms with van der Waals surface area (Å²) in [4.78, 5) is 17.2. The summed E-state index contributed by atoms with van der Waals surface area (Å²) in [5.41, 5.74) is 1.23. The number of phenols is 1. The number of likely N-dealkylation sites (tertiary alicyclic amines) is 1. The van der Waals surface area contributed by atoms with Gasteiger partial charge in [-0.2, -0.15) is 0 Å². The Bertz CT molecular complexity index is 1170. The van der Waals surface area contributed by atoms with E-state index >= 15 is 0 Å². The number of likely N-dealkylation sites (N-methyl/N-ethyl adjacent to an activating group) is 1. The monoisotopic (exact) mass is 462 g/mol. The van der Waals surface area contributed by atoms with Crippen LogP contribution < -0.4 is 4.74 Å². The highest BCUT2D eigenvalue weighted by atomic mass is 16.5. The van der Waals surface area contributed by atoms with Gasteiger partial charge in [0.05, 0.1) is 29.6 Å². The lowest BCUT2D eigenvalue weighted by Crippen LogP contribution is -2.78. The molecule has 2 fully saturated rings. The first-order valence-corrected chi connectivity index (χ1v) is 12.0. The summed E-state index contributed by atoms with van der Waals surface area (Å²) in [6.07, 6.45) is 10.5. The van der Waals surface area contributed by atoms with E-state index in [2.05, 4.69) is 11.5 Å². The molecule has 2 aliphatic carbocycles. The van der Waals surface area contributed by atoms with Crippen LogP contribution in [0.5, 0.6) is 11.5 Å². The van der Waals surface area contributed by atoms with Gasteiger partial charge in [-0.25, -0.2) is 0 Å². The number of phenolic OH excluding ortho intramolecular Hbond substituents is 1. The Kier molecular flexibility index (Phi) is 4.73. The Morgan fingerprint density at radius 1 is 1.35 bits per heavy atom. The van der Waals surface area contributed by atoms with E-state index in [4.69, 9.17) is 9.15 Å². The van der Waals surface area contributed by atoms with Crippen molar-refractivity contribution in [1.29, 1.82) is 0 Å². The molecule has 3 heterocycles. The number of carbonyl (C=O) groups is 1. The summed E-state index contributed by atoms with van der Waals surface area (Å²) >= 11 is 0. The van der Waals surface area contributed by atoms with Gasteiger partial charge < -0.3 is 24.3 Å². The van der Waals surface area contributed by atoms with Gasteiger partial charge in [0.25, 0.3) is 0 Å². The number of carbonyl (C=O) groups excluding carboxylic acids is 1. The predicted octanol–water partition coefficient (Wildman–Crippen LogP) is 2.87. The van der Waals surface area contributed by atoms with Crippen LogP contribution in [0.1, 0.15) is 36.0 Å². The van der Waals surface area contributed by atoms with Crippen LogP contribution in [0.4, 0.5) is 0 Å². The Balaban J connectivity index is 1.41. The van der Waals surface area contributed by atoms with Crippen molar-refractivity contribution >= 4 is 12.0 Å². The van der Waals surface area contributed by atoms with Crippen LogP contribution in [0, 0.1) is 0 Å². The van der Waals surface area contributed by atoms with Gasteiger partial charge in [0.2, 0.25) is 5.91 Å². The van der Waals surface area contributed by atoms with Crippen molar-refractivity contribution in [2.45, 2.75) is 54.9 Å². The predicted molar refractivity (Wildman–Crippen MR) is 127 cm³/mol. The van der Waals surface area contributed by atoms with Crippen molar-refractivity contribution in [3.63, 3.8) is 0 Å². The SMILES string of the molecule is C=CCN1CC[C@]23c4c5ccc(O)c4O[C@H]2[C@@H](N(C)C(=O)/C=C\c2ccoc2)CC[C@@]3(O)[C@H]1C5. The standard InChI is InChI=1S/C27H30N2O5/c1-3-12-29-13-11-26-23-18-5-6-20(30)24(23)34-25(26)19(8-10-27(26,32)21(29)15-18)28(2)22(31)7-4-17-9-14-33-16-17/h3-7,9,14,16,19,21,25,30,32H,1,8,10-13,15H2,2H3/b7-4-/t19-,21+,25-,26-,27+/m0/s1. The van der Waals surface area contributed by atoms with Crippen molar-refractivity contribution < 1.29 is 24.2 Å². The minimum Gasteiger partial charge on any atom is -0.504 e. The van der Waals surface area contributed by atoms with Gasteiger partial charge in [0.15, 0.2) is 11.5 Å². The molecular weight excluding hydrogens is 432 g/mol.